The summed E-state index contributed by atoms with van der Waals surface area (Å²) in [6, 6.07) is 65.6. The summed E-state index contributed by atoms with van der Waals surface area (Å²) in [5.74, 6) is 0. The minimum Gasteiger partial charge on any atom is -0.309 e. The zero-order chi connectivity index (χ0) is 47.1. The Hall–Kier alpha value is -8.20. The van der Waals surface area contributed by atoms with Crippen LogP contribution in [0.4, 0.5) is 0 Å². The van der Waals surface area contributed by atoms with Crippen LogP contribution in [0, 0.1) is 0 Å². The summed E-state index contributed by atoms with van der Waals surface area (Å²) in [4.78, 5) is 0. The van der Waals surface area contributed by atoms with Crippen LogP contribution in [0.3, 0.4) is 0 Å². The van der Waals surface area contributed by atoms with Crippen LogP contribution in [0.2, 0.25) is 0 Å². The molecule has 0 amide bonds. The van der Waals surface area contributed by atoms with Crippen molar-refractivity contribution in [2.75, 3.05) is 0 Å². The van der Waals surface area contributed by atoms with E-state index < -0.39 is 12.1 Å². The molecule has 290 valence electrons. The van der Waals surface area contributed by atoms with E-state index in [0.29, 0.717) is 11.3 Å². The van der Waals surface area contributed by atoms with Crippen LogP contribution in [0.15, 0.2) is 242 Å². The van der Waals surface area contributed by atoms with E-state index in [1.807, 2.05) is 109 Å². The minimum absolute atomic E-state index is 0.0854. The third kappa shape index (κ3) is 6.04. The van der Waals surface area contributed by atoms with Gasteiger partial charge in [0.25, 0.3) is 0 Å². The van der Waals surface area contributed by atoms with Gasteiger partial charge in [-0.05, 0) is 122 Å². The average molecular weight is 796 g/mol. The third-order valence-corrected chi connectivity index (χ3v) is 12.0. The first-order valence-corrected chi connectivity index (χ1v) is 20.8. The number of rotatable bonds is 7. The first-order chi connectivity index (χ1) is 33.7. The standard InChI is InChI=1S/C60H40N2/c1-4-14-41(15-5-1)43-24-31-49(32-25-43)61-57-23-13-12-22-53(57)54-38-46(28-35-58(54)61)47-29-36-59-55(39-47)56-40-48(52-21-11-10-20-51(52)45-18-8-3-9-19-45)30-37-60(56)62(59)50-33-26-44(27-34-50)42-16-6-2-7-17-42/h1-40H/i12D,13D,22D,23D,28D,35D,38D. The molecule has 12 rings (SSSR count). The third-order valence-electron chi connectivity index (χ3n) is 12.0. The summed E-state index contributed by atoms with van der Waals surface area (Å²) in [6.45, 7) is 0. The molecule has 2 heteroatoms. The minimum atomic E-state index is -0.427. The van der Waals surface area contributed by atoms with Crippen LogP contribution in [-0.4, -0.2) is 9.13 Å². The summed E-state index contributed by atoms with van der Waals surface area (Å²) in [6.07, 6.45) is 0. The zero-order valence-electron chi connectivity index (χ0n) is 40.4. The van der Waals surface area contributed by atoms with Crippen molar-refractivity contribution in [2.24, 2.45) is 0 Å². The van der Waals surface area contributed by atoms with Crippen LogP contribution < -0.4 is 0 Å². The van der Waals surface area contributed by atoms with Gasteiger partial charge in [0, 0.05) is 32.9 Å². The number of hydrogen-bond acceptors (Lipinski definition) is 0. The SMILES string of the molecule is [2H]c1c([2H])c([2H])c2c(c1[2H])c1c([2H])c(-c3ccc4c(c3)c3cc(-c5ccccc5-c5ccccc5)ccc3n4-c3ccc(-c4ccccc4)cc3)c([2H])c([2H])c1n2-c1ccc(-c2ccccc2)cc1. The van der Waals surface area contributed by atoms with Crippen LogP contribution in [0.25, 0.3) is 111 Å². The van der Waals surface area contributed by atoms with Crippen LogP contribution >= 0.6 is 0 Å². The molecule has 0 aliphatic carbocycles. The normalized spacial score (nSPS) is 13.1. The molecule has 0 saturated heterocycles. The zero-order valence-corrected chi connectivity index (χ0v) is 33.4. The van der Waals surface area contributed by atoms with Gasteiger partial charge in [0.1, 0.15) is 0 Å². The fourth-order valence-electron chi connectivity index (χ4n) is 9.01. The number of aromatic nitrogens is 2. The Balaban J connectivity index is 1.10. The molecule has 62 heavy (non-hydrogen) atoms. The maximum atomic E-state index is 9.99. The van der Waals surface area contributed by atoms with Gasteiger partial charge in [0.05, 0.1) is 31.7 Å². The Morgan fingerprint density at radius 3 is 1.31 bits per heavy atom. The molecule has 0 radical (unpaired) electrons. The van der Waals surface area contributed by atoms with E-state index in [-0.39, 0.29) is 57.6 Å². The van der Waals surface area contributed by atoms with Gasteiger partial charge in [0.15, 0.2) is 0 Å². The van der Waals surface area contributed by atoms with Gasteiger partial charge in [-0.3, -0.25) is 0 Å². The Morgan fingerprint density at radius 2 is 0.710 bits per heavy atom. The fraction of sp³-hybridized carbons (Fsp3) is 0. The van der Waals surface area contributed by atoms with Gasteiger partial charge < -0.3 is 9.13 Å². The smallest absolute Gasteiger partial charge is 0.0645 e. The first kappa shape index (κ1) is 29.1. The molecule has 0 aliphatic heterocycles. The molecule has 0 saturated carbocycles. The first-order valence-electron chi connectivity index (χ1n) is 24.3. The Kier molecular flexibility index (Phi) is 6.95. The van der Waals surface area contributed by atoms with E-state index in [2.05, 4.69) is 95.6 Å². The van der Waals surface area contributed by atoms with Crippen LogP contribution in [-0.2, 0) is 0 Å². The molecule has 2 nitrogen and oxygen atoms in total. The Bertz CT molecular complexity index is 3990. The average Bonchev–Trinajstić information content (AvgIpc) is 3.94. The Labute approximate surface area is 370 Å². The molecular formula is C60H40N2. The second kappa shape index (κ2) is 14.8. The molecule has 2 heterocycles. The number of para-hydroxylation sites is 1. The van der Waals surface area contributed by atoms with Gasteiger partial charge in [-0.1, -0.05) is 176 Å². The van der Waals surface area contributed by atoms with E-state index in [1.54, 1.807) is 4.57 Å². The lowest BCUT2D eigenvalue weighted by Crippen LogP contribution is -1.94. The monoisotopic (exact) mass is 795 g/mol. The van der Waals surface area contributed by atoms with E-state index in [1.165, 1.54) is 0 Å². The molecule has 0 atom stereocenters. The van der Waals surface area contributed by atoms with Crippen molar-refractivity contribution in [1.29, 1.82) is 0 Å². The maximum Gasteiger partial charge on any atom is 0.0645 e. The number of hydrogen-bond donors (Lipinski definition) is 0. The summed E-state index contributed by atoms with van der Waals surface area (Å²) in [7, 11) is 0. The lowest BCUT2D eigenvalue weighted by molar-refractivity contribution is 1.18. The predicted molar refractivity (Wildman–Crippen MR) is 262 cm³/mol. The largest absolute Gasteiger partial charge is 0.309 e. The quantitative estimate of drug-likeness (QED) is 0.152. The van der Waals surface area contributed by atoms with E-state index in [0.717, 1.165) is 72.0 Å². The summed E-state index contributed by atoms with van der Waals surface area (Å²) >= 11 is 0. The van der Waals surface area contributed by atoms with Crippen LogP contribution in [0.1, 0.15) is 9.60 Å². The van der Waals surface area contributed by atoms with Crippen molar-refractivity contribution in [1.82, 2.24) is 9.13 Å². The van der Waals surface area contributed by atoms with Crippen molar-refractivity contribution in [3.63, 3.8) is 0 Å². The second-order valence-electron chi connectivity index (χ2n) is 15.6. The van der Waals surface area contributed by atoms with Crippen molar-refractivity contribution >= 4 is 43.6 Å². The lowest BCUT2D eigenvalue weighted by Gasteiger charge is -2.12. The highest BCUT2D eigenvalue weighted by Gasteiger charge is 2.18. The summed E-state index contributed by atoms with van der Waals surface area (Å²) < 4.78 is 69.2. The molecule has 0 fully saturated rings. The van der Waals surface area contributed by atoms with Crippen molar-refractivity contribution < 1.29 is 9.60 Å². The maximum absolute atomic E-state index is 9.99. The highest BCUT2D eigenvalue weighted by Crippen LogP contribution is 2.41. The molecule has 0 aliphatic rings. The number of benzene rings is 10. The van der Waals surface area contributed by atoms with Crippen LogP contribution in [0.5, 0.6) is 0 Å². The second-order valence-corrected chi connectivity index (χ2v) is 15.6. The molecule has 2 aromatic heterocycles. The van der Waals surface area contributed by atoms with Gasteiger partial charge in [-0.15, -0.1) is 0 Å². The van der Waals surface area contributed by atoms with E-state index in [9.17, 15) is 6.85 Å². The predicted octanol–water partition coefficient (Wildman–Crippen LogP) is 16.2. The molecule has 0 spiro atoms. The topological polar surface area (TPSA) is 9.86 Å². The molecular weight excluding hydrogens is 749 g/mol. The Morgan fingerprint density at radius 1 is 0.274 bits per heavy atom. The molecule has 12 aromatic rings. The van der Waals surface area contributed by atoms with E-state index in [4.69, 9.17) is 2.74 Å². The van der Waals surface area contributed by atoms with Crippen molar-refractivity contribution in [2.45, 2.75) is 0 Å². The molecule has 0 bridgehead atoms. The van der Waals surface area contributed by atoms with Gasteiger partial charge >= 0.3 is 0 Å². The van der Waals surface area contributed by atoms with E-state index >= 15 is 0 Å². The highest BCUT2D eigenvalue weighted by molar-refractivity contribution is 6.13. The van der Waals surface area contributed by atoms with Gasteiger partial charge in [0.2, 0.25) is 0 Å². The lowest BCUT2D eigenvalue weighted by atomic mass is 9.93. The van der Waals surface area contributed by atoms with Gasteiger partial charge in [-0.25, -0.2) is 0 Å². The van der Waals surface area contributed by atoms with Crippen molar-refractivity contribution in [3.8, 4) is 67.0 Å². The molecule has 0 unspecified atom stereocenters. The highest BCUT2D eigenvalue weighted by atomic mass is 15.0. The number of nitrogens with zero attached hydrogens (tertiary/aromatic N) is 2. The summed E-state index contributed by atoms with van der Waals surface area (Å²) in [5.41, 5.74) is 13.0. The summed E-state index contributed by atoms with van der Waals surface area (Å²) in [5, 5.41) is 2.19. The fourth-order valence-corrected chi connectivity index (χ4v) is 9.01. The van der Waals surface area contributed by atoms with Crippen molar-refractivity contribution in [3.05, 3.63) is 242 Å². The molecule has 10 aromatic carbocycles. The van der Waals surface area contributed by atoms with Gasteiger partial charge in [-0.2, -0.15) is 0 Å². The molecule has 0 N–H and O–H groups in total. The number of fused-ring (bicyclic) bond motifs is 6.